The van der Waals surface area contributed by atoms with Gasteiger partial charge in [0, 0.05) is 28.9 Å². The lowest BCUT2D eigenvalue weighted by Gasteiger charge is -2.24. The maximum atomic E-state index is 12.8. The van der Waals surface area contributed by atoms with E-state index in [9.17, 15) is 13.2 Å². The number of pyridine rings is 1. The zero-order valence-electron chi connectivity index (χ0n) is 17.5. The van der Waals surface area contributed by atoms with Crippen LogP contribution in [0.2, 0.25) is 0 Å². The number of benzene rings is 1. The van der Waals surface area contributed by atoms with Crippen LogP contribution in [0.1, 0.15) is 48.3 Å². The standard InChI is InChI=1S/C22H24N4O3S2/c1-14-10-17(12-23-11-14)15-4-6-16(7-5-15)20(27)25-22(2,3)19-13-30-21(24-19)26-31(28,29)18-8-9-18/h4-7,10-13,18H,8-9H2,1-3H3,(H,24,26)(H,25,27). The molecule has 2 heterocycles. The van der Waals surface area contributed by atoms with Gasteiger partial charge in [-0.25, -0.2) is 13.4 Å². The number of hydrogen-bond donors (Lipinski definition) is 2. The van der Waals surface area contributed by atoms with Crippen molar-refractivity contribution < 1.29 is 13.2 Å². The van der Waals surface area contributed by atoms with E-state index < -0.39 is 15.6 Å². The fraction of sp³-hybridized carbons (Fsp3) is 0.318. The molecule has 0 bridgehead atoms. The fourth-order valence-electron chi connectivity index (χ4n) is 3.14. The number of aromatic nitrogens is 2. The van der Waals surface area contributed by atoms with Gasteiger partial charge in [0.2, 0.25) is 10.0 Å². The van der Waals surface area contributed by atoms with Gasteiger partial charge in [0.1, 0.15) is 0 Å². The number of nitrogens with one attached hydrogen (secondary N) is 2. The lowest BCUT2D eigenvalue weighted by atomic mass is 10.00. The molecule has 1 amide bonds. The van der Waals surface area contributed by atoms with Crippen molar-refractivity contribution in [2.75, 3.05) is 4.72 Å². The van der Waals surface area contributed by atoms with E-state index in [1.54, 1.807) is 29.9 Å². The molecule has 31 heavy (non-hydrogen) atoms. The first-order chi connectivity index (χ1) is 14.6. The topological polar surface area (TPSA) is 101 Å². The molecular formula is C22H24N4O3S2. The van der Waals surface area contributed by atoms with E-state index >= 15 is 0 Å². The van der Waals surface area contributed by atoms with E-state index in [0.29, 0.717) is 29.2 Å². The van der Waals surface area contributed by atoms with Gasteiger partial charge in [0.25, 0.3) is 5.91 Å². The van der Waals surface area contributed by atoms with Crippen molar-refractivity contribution in [2.24, 2.45) is 0 Å². The Morgan fingerprint density at radius 3 is 2.48 bits per heavy atom. The second-order valence-corrected chi connectivity index (χ2v) is 11.1. The van der Waals surface area contributed by atoms with Gasteiger partial charge in [-0.05, 0) is 62.9 Å². The van der Waals surface area contributed by atoms with Gasteiger partial charge in [0.05, 0.1) is 16.5 Å². The van der Waals surface area contributed by atoms with Crippen molar-refractivity contribution in [1.29, 1.82) is 0 Å². The molecule has 0 unspecified atom stereocenters. The summed E-state index contributed by atoms with van der Waals surface area (Å²) in [5.74, 6) is -0.230. The Morgan fingerprint density at radius 2 is 1.84 bits per heavy atom. The Hall–Kier alpha value is -2.78. The van der Waals surface area contributed by atoms with E-state index in [4.69, 9.17) is 0 Å². The molecule has 2 aromatic heterocycles. The van der Waals surface area contributed by atoms with Crippen LogP contribution in [0, 0.1) is 6.92 Å². The highest BCUT2D eigenvalue weighted by Crippen LogP contribution is 2.32. The molecule has 1 fully saturated rings. The van der Waals surface area contributed by atoms with Crippen molar-refractivity contribution in [1.82, 2.24) is 15.3 Å². The number of carbonyl (C=O) groups is 1. The number of anilines is 1. The van der Waals surface area contributed by atoms with Gasteiger partial charge in [-0.3, -0.25) is 14.5 Å². The van der Waals surface area contributed by atoms with Crippen LogP contribution in [-0.2, 0) is 15.6 Å². The largest absolute Gasteiger partial charge is 0.341 e. The van der Waals surface area contributed by atoms with E-state index in [-0.39, 0.29) is 11.2 Å². The fourth-order valence-corrected chi connectivity index (χ4v) is 5.61. The zero-order valence-corrected chi connectivity index (χ0v) is 19.2. The van der Waals surface area contributed by atoms with Crippen molar-refractivity contribution in [3.8, 4) is 11.1 Å². The van der Waals surface area contributed by atoms with Crippen LogP contribution in [0.5, 0.6) is 0 Å². The first kappa shape index (κ1) is 21.5. The van der Waals surface area contributed by atoms with Crippen molar-refractivity contribution in [2.45, 2.75) is 44.4 Å². The first-order valence-corrected chi connectivity index (χ1v) is 12.4. The Labute approximate surface area is 186 Å². The predicted octanol–water partition coefficient (Wildman–Crippen LogP) is 4.08. The normalized spacial score (nSPS) is 14.3. The number of sulfonamides is 1. The number of thiazole rings is 1. The van der Waals surface area contributed by atoms with Crippen LogP contribution < -0.4 is 10.0 Å². The third-order valence-electron chi connectivity index (χ3n) is 5.12. The Morgan fingerprint density at radius 1 is 1.13 bits per heavy atom. The lowest BCUT2D eigenvalue weighted by molar-refractivity contribution is 0.0910. The molecular weight excluding hydrogens is 432 g/mol. The number of rotatable bonds is 7. The van der Waals surface area contributed by atoms with Crippen molar-refractivity contribution >= 4 is 32.4 Å². The van der Waals surface area contributed by atoms with Crippen LogP contribution >= 0.6 is 11.3 Å². The van der Waals surface area contributed by atoms with E-state index in [1.165, 1.54) is 11.3 Å². The number of carbonyl (C=O) groups excluding carboxylic acids is 1. The highest BCUT2D eigenvalue weighted by Gasteiger charge is 2.36. The van der Waals surface area contributed by atoms with Gasteiger partial charge in [0.15, 0.2) is 5.13 Å². The van der Waals surface area contributed by atoms with Crippen LogP contribution in [-0.4, -0.2) is 29.5 Å². The third-order valence-corrected chi connectivity index (χ3v) is 7.83. The van der Waals surface area contributed by atoms with E-state index in [0.717, 1.165) is 16.7 Å². The number of amides is 1. The summed E-state index contributed by atoms with van der Waals surface area (Å²) < 4.78 is 26.8. The maximum Gasteiger partial charge on any atom is 0.252 e. The number of aryl methyl sites for hydroxylation is 1. The second kappa shape index (κ2) is 8.05. The minimum Gasteiger partial charge on any atom is -0.341 e. The third kappa shape index (κ3) is 4.94. The van der Waals surface area contributed by atoms with Gasteiger partial charge < -0.3 is 5.32 Å². The molecule has 1 aliphatic carbocycles. The maximum absolute atomic E-state index is 12.8. The molecule has 0 saturated heterocycles. The van der Waals surface area contributed by atoms with Gasteiger partial charge >= 0.3 is 0 Å². The molecule has 1 aromatic carbocycles. The summed E-state index contributed by atoms with van der Waals surface area (Å²) in [7, 11) is -3.36. The monoisotopic (exact) mass is 456 g/mol. The molecule has 1 aliphatic rings. The number of nitrogens with zero attached hydrogens (tertiary/aromatic N) is 2. The molecule has 0 radical (unpaired) electrons. The molecule has 4 rings (SSSR count). The van der Waals surface area contributed by atoms with Gasteiger partial charge in [-0.2, -0.15) is 0 Å². The quantitative estimate of drug-likeness (QED) is 0.558. The summed E-state index contributed by atoms with van der Waals surface area (Å²) in [6.07, 6.45) is 4.97. The molecule has 0 atom stereocenters. The Bertz CT molecular complexity index is 1210. The van der Waals surface area contributed by atoms with Crippen LogP contribution in [0.3, 0.4) is 0 Å². The summed E-state index contributed by atoms with van der Waals surface area (Å²) in [6.45, 7) is 5.67. The lowest BCUT2D eigenvalue weighted by Crippen LogP contribution is -2.41. The average molecular weight is 457 g/mol. The molecule has 1 saturated carbocycles. The minimum atomic E-state index is -3.36. The molecule has 7 nitrogen and oxygen atoms in total. The SMILES string of the molecule is Cc1cncc(-c2ccc(C(=O)NC(C)(C)c3csc(NS(=O)(=O)C4CC4)n3)cc2)c1. The summed E-state index contributed by atoms with van der Waals surface area (Å²) >= 11 is 1.21. The summed E-state index contributed by atoms with van der Waals surface area (Å²) in [4.78, 5) is 21.4. The summed E-state index contributed by atoms with van der Waals surface area (Å²) in [6, 6.07) is 9.39. The molecule has 0 aliphatic heterocycles. The van der Waals surface area contributed by atoms with Crippen LogP contribution in [0.15, 0.2) is 48.1 Å². The number of hydrogen-bond acceptors (Lipinski definition) is 6. The molecule has 2 N–H and O–H groups in total. The van der Waals surface area contributed by atoms with Crippen LogP contribution in [0.25, 0.3) is 11.1 Å². The van der Waals surface area contributed by atoms with Crippen molar-refractivity contribution in [3.05, 3.63) is 64.9 Å². The average Bonchev–Trinajstić information content (AvgIpc) is 3.48. The Kier molecular flexibility index (Phi) is 5.57. The summed E-state index contributed by atoms with van der Waals surface area (Å²) in [5, 5.41) is 4.75. The van der Waals surface area contributed by atoms with Gasteiger partial charge in [-0.1, -0.05) is 12.1 Å². The molecule has 3 aromatic rings. The molecule has 0 spiro atoms. The first-order valence-electron chi connectivity index (χ1n) is 9.96. The predicted molar refractivity (Wildman–Crippen MR) is 123 cm³/mol. The van der Waals surface area contributed by atoms with Crippen molar-refractivity contribution in [3.63, 3.8) is 0 Å². The highest BCUT2D eigenvalue weighted by atomic mass is 32.2. The summed E-state index contributed by atoms with van der Waals surface area (Å²) in [5.41, 5.74) is 3.41. The zero-order chi connectivity index (χ0) is 22.2. The Balaban J connectivity index is 1.45. The molecule has 9 heteroatoms. The van der Waals surface area contributed by atoms with E-state index in [2.05, 4.69) is 20.0 Å². The smallest absolute Gasteiger partial charge is 0.252 e. The van der Waals surface area contributed by atoms with E-state index in [1.807, 2.05) is 39.0 Å². The van der Waals surface area contributed by atoms with Gasteiger partial charge in [-0.15, -0.1) is 11.3 Å². The van der Waals surface area contributed by atoms with Crippen LogP contribution in [0.4, 0.5) is 5.13 Å². The minimum absolute atomic E-state index is 0.230. The molecule has 162 valence electrons. The second-order valence-electron chi connectivity index (χ2n) is 8.29. The highest BCUT2D eigenvalue weighted by molar-refractivity contribution is 7.93.